The zero-order valence-corrected chi connectivity index (χ0v) is 11.0. The molecule has 3 N–H and O–H groups in total. The third-order valence-corrected chi connectivity index (χ3v) is 2.79. The zero-order valence-electron chi connectivity index (χ0n) is 10.2. The van der Waals surface area contributed by atoms with Crippen molar-refractivity contribution in [2.75, 3.05) is 0 Å². The Balaban J connectivity index is 2.22. The number of alkyl halides is 3. The average molecular weight is 321 g/mol. The summed E-state index contributed by atoms with van der Waals surface area (Å²) >= 11 is 5.77. The smallest absolute Gasteiger partial charge is 0.409 e. The van der Waals surface area contributed by atoms with Crippen molar-refractivity contribution in [1.29, 1.82) is 0 Å². The maximum Gasteiger partial charge on any atom is 0.417 e. The SMILES string of the molecule is N/C(=N\O)c1cn(Cc2ncc(C(F)(F)F)cc2Cl)nn1. The molecule has 2 aromatic rings. The monoisotopic (exact) mass is 320 g/mol. The Kier molecular flexibility index (Phi) is 3.98. The second-order valence-electron chi connectivity index (χ2n) is 3.94. The van der Waals surface area contributed by atoms with Crippen molar-refractivity contribution in [1.82, 2.24) is 20.0 Å². The summed E-state index contributed by atoms with van der Waals surface area (Å²) in [6.07, 6.45) is -2.49. The van der Waals surface area contributed by atoms with Gasteiger partial charge in [-0.1, -0.05) is 22.0 Å². The fraction of sp³-hybridized carbons (Fsp3) is 0.200. The van der Waals surface area contributed by atoms with Gasteiger partial charge in [0.2, 0.25) is 0 Å². The third-order valence-electron chi connectivity index (χ3n) is 2.47. The number of rotatable bonds is 3. The van der Waals surface area contributed by atoms with E-state index in [1.807, 2.05) is 0 Å². The molecule has 0 unspecified atom stereocenters. The van der Waals surface area contributed by atoms with Crippen molar-refractivity contribution in [2.45, 2.75) is 12.7 Å². The van der Waals surface area contributed by atoms with Gasteiger partial charge in [0.05, 0.1) is 29.0 Å². The normalized spacial score (nSPS) is 12.7. The maximum atomic E-state index is 12.5. The molecule has 21 heavy (non-hydrogen) atoms. The summed E-state index contributed by atoms with van der Waals surface area (Å²) in [6.45, 7) is -0.0112. The Bertz CT molecular complexity index is 684. The van der Waals surface area contributed by atoms with E-state index in [0.29, 0.717) is 6.20 Å². The van der Waals surface area contributed by atoms with Crippen LogP contribution in [0.1, 0.15) is 17.0 Å². The van der Waals surface area contributed by atoms with Gasteiger partial charge in [-0.3, -0.25) is 4.98 Å². The molecule has 2 heterocycles. The Labute approximate surface area is 120 Å². The van der Waals surface area contributed by atoms with Gasteiger partial charge in [0.25, 0.3) is 0 Å². The quantitative estimate of drug-likeness (QED) is 0.386. The molecule has 11 heteroatoms. The number of amidine groups is 1. The molecule has 0 aliphatic heterocycles. The lowest BCUT2D eigenvalue weighted by Crippen LogP contribution is -2.13. The van der Waals surface area contributed by atoms with E-state index in [4.69, 9.17) is 22.5 Å². The van der Waals surface area contributed by atoms with Crippen molar-refractivity contribution < 1.29 is 18.4 Å². The molecule has 0 amide bonds. The van der Waals surface area contributed by atoms with Crippen LogP contribution in [0.15, 0.2) is 23.6 Å². The highest BCUT2D eigenvalue weighted by Crippen LogP contribution is 2.31. The van der Waals surface area contributed by atoms with Crippen LogP contribution < -0.4 is 5.73 Å². The standard InChI is InChI=1S/C10H8ClF3N6O/c11-6-1-5(10(12,13)14)2-16-7(6)3-20-4-8(17-19-20)9(15)18-21/h1-2,4,21H,3H2,(H2,15,18). The van der Waals surface area contributed by atoms with E-state index in [2.05, 4.69) is 20.5 Å². The second kappa shape index (κ2) is 5.56. The number of nitrogens with two attached hydrogens (primary N) is 1. The van der Waals surface area contributed by atoms with Gasteiger partial charge in [0, 0.05) is 6.20 Å². The van der Waals surface area contributed by atoms with E-state index >= 15 is 0 Å². The van der Waals surface area contributed by atoms with Crippen LogP contribution in [-0.2, 0) is 12.7 Å². The fourth-order valence-electron chi connectivity index (χ4n) is 1.44. The van der Waals surface area contributed by atoms with E-state index in [1.54, 1.807) is 0 Å². The third kappa shape index (κ3) is 3.40. The van der Waals surface area contributed by atoms with Gasteiger partial charge in [-0.15, -0.1) is 5.10 Å². The number of pyridine rings is 1. The first-order valence-corrected chi connectivity index (χ1v) is 5.78. The summed E-state index contributed by atoms with van der Waals surface area (Å²) in [4.78, 5) is 3.66. The lowest BCUT2D eigenvalue weighted by atomic mass is 10.2. The molecule has 0 radical (unpaired) electrons. The van der Waals surface area contributed by atoms with Gasteiger partial charge in [-0.05, 0) is 6.07 Å². The van der Waals surface area contributed by atoms with Crippen LogP contribution in [-0.4, -0.2) is 31.0 Å². The highest BCUT2D eigenvalue weighted by molar-refractivity contribution is 6.31. The lowest BCUT2D eigenvalue weighted by molar-refractivity contribution is -0.137. The van der Waals surface area contributed by atoms with Gasteiger partial charge < -0.3 is 10.9 Å². The zero-order chi connectivity index (χ0) is 15.6. The summed E-state index contributed by atoms with van der Waals surface area (Å²) in [5, 5.41) is 18.4. The molecule has 2 rings (SSSR count). The van der Waals surface area contributed by atoms with Crippen LogP contribution in [0.5, 0.6) is 0 Å². The summed E-state index contributed by atoms with van der Waals surface area (Å²) in [7, 11) is 0. The van der Waals surface area contributed by atoms with Crippen LogP contribution >= 0.6 is 11.6 Å². The van der Waals surface area contributed by atoms with Gasteiger partial charge in [0.15, 0.2) is 11.5 Å². The summed E-state index contributed by atoms with van der Waals surface area (Å²) in [6, 6.07) is 0.783. The minimum Gasteiger partial charge on any atom is -0.409 e. The van der Waals surface area contributed by atoms with Crippen LogP contribution in [0, 0.1) is 0 Å². The Hall–Kier alpha value is -2.36. The van der Waals surface area contributed by atoms with E-state index in [9.17, 15) is 13.2 Å². The molecular formula is C10H8ClF3N6O. The molecule has 2 aromatic heterocycles. The predicted molar refractivity (Wildman–Crippen MR) is 65.9 cm³/mol. The highest BCUT2D eigenvalue weighted by Gasteiger charge is 2.31. The number of aromatic nitrogens is 4. The van der Waals surface area contributed by atoms with Gasteiger partial charge in [0.1, 0.15) is 0 Å². The summed E-state index contributed by atoms with van der Waals surface area (Å²) < 4.78 is 38.7. The van der Waals surface area contributed by atoms with Gasteiger partial charge in [-0.25, -0.2) is 4.68 Å². The van der Waals surface area contributed by atoms with Crippen LogP contribution in [0.2, 0.25) is 5.02 Å². The molecule has 0 aliphatic rings. The minimum absolute atomic E-state index is 0.0112. The first-order valence-electron chi connectivity index (χ1n) is 5.41. The van der Waals surface area contributed by atoms with Crippen molar-refractivity contribution >= 4 is 17.4 Å². The molecule has 0 fully saturated rings. The Morgan fingerprint density at radius 1 is 1.48 bits per heavy atom. The van der Waals surface area contributed by atoms with Gasteiger partial charge in [-0.2, -0.15) is 13.2 Å². The first kappa shape index (κ1) is 15.0. The van der Waals surface area contributed by atoms with E-state index in [1.165, 1.54) is 10.9 Å². The first-order chi connectivity index (χ1) is 9.81. The average Bonchev–Trinajstić information content (AvgIpc) is 2.87. The fourth-order valence-corrected chi connectivity index (χ4v) is 1.66. The summed E-state index contributed by atoms with van der Waals surface area (Å²) in [5.41, 5.74) is 4.67. The molecule has 0 bridgehead atoms. The Morgan fingerprint density at radius 2 is 2.19 bits per heavy atom. The van der Waals surface area contributed by atoms with E-state index < -0.39 is 11.7 Å². The number of hydrogen-bond acceptors (Lipinski definition) is 5. The number of nitrogens with zero attached hydrogens (tertiary/aromatic N) is 5. The van der Waals surface area contributed by atoms with Crippen LogP contribution in [0.25, 0.3) is 0 Å². The van der Waals surface area contributed by atoms with Gasteiger partial charge >= 0.3 is 6.18 Å². The molecular weight excluding hydrogens is 313 g/mol. The number of hydrogen-bond donors (Lipinski definition) is 2. The predicted octanol–water partition coefficient (Wildman–Crippen LogP) is 1.49. The number of halogens is 4. The molecule has 112 valence electrons. The lowest BCUT2D eigenvalue weighted by Gasteiger charge is -2.08. The largest absolute Gasteiger partial charge is 0.417 e. The number of oxime groups is 1. The molecule has 0 aliphatic carbocycles. The molecule has 0 aromatic carbocycles. The van der Waals surface area contributed by atoms with Crippen molar-refractivity contribution in [2.24, 2.45) is 10.9 Å². The molecule has 0 spiro atoms. The van der Waals surface area contributed by atoms with E-state index in [-0.39, 0.29) is 28.8 Å². The molecule has 0 saturated heterocycles. The minimum atomic E-state index is -4.51. The van der Waals surface area contributed by atoms with Crippen molar-refractivity contribution in [3.05, 3.63) is 40.4 Å². The summed E-state index contributed by atoms with van der Waals surface area (Å²) in [5.74, 6) is -0.243. The molecule has 0 atom stereocenters. The van der Waals surface area contributed by atoms with Crippen molar-refractivity contribution in [3.63, 3.8) is 0 Å². The highest BCUT2D eigenvalue weighted by atomic mass is 35.5. The Morgan fingerprint density at radius 3 is 2.76 bits per heavy atom. The molecule has 0 saturated carbocycles. The van der Waals surface area contributed by atoms with Crippen molar-refractivity contribution in [3.8, 4) is 0 Å². The second-order valence-corrected chi connectivity index (χ2v) is 4.34. The van der Waals surface area contributed by atoms with E-state index in [0.717, 1.165) is 6.07 Å². The van der Waals surface area contributed by atoms with Crippen LogP contribution in [0.4, 0.5) is 13.2 Å². The van der Waals surface area contributed by atoms with Crippen LogP contribution in [0.3, 0.4) is 0 Å². The molecule has 7 nitrogen and oxygen atoms in total. The topological polar surface area (TPSA) is 102 Å². The maximum absolute atomic E-state index is 12.5.